The lowest BCUT2D eigenvalue weighted by Crippen LogP contribution is -2.23. The van der Waals surface area contributed by atoms with Crippen molar-refractivity contribution < 1.29 is 13.2 Å². The third-order valence-electron chi connectivity index (χ3n) is 3.47. The van der Waals surface area contributed by atoms with Gasteiger partial charge in [0.15, 0.2) is 0 Å². The Kier molecular flexibility index (Phi) is 5.76. The maximum atomic E-state index is 11.2. The van der Waals surface area contributed by atoms with Crippen LogP contribution in [-0.4, -0.2) is 33.5 Å². The normalized spacial score (nSPS) is 11.7. The van der Waals surface area contributed by atoms with E-state index in [9.17, 15) is 8.42 Å². The SMILES string of the molecule is Cc1ccc(CN(C)CCOc2ccc(S(N)(=O)=O)cc2)cc1. The van der Waals surface area contributed by atoms with Crippen molar-refractivity contribution in [2.75, 3.05) is 20.2 Å². The number of primary sulfonamides is 1. The molecule has 0 spiro atoms. The van der Waals surface area contributed by atoms with Crippen molar-refractivity contribution in [1.82, 2.24) is 4.90 Å². The number of sulfonamides is 1. The van der Waals surface area contributed by atoms with E-state index in [0.717, 1.165) is 13.1 Å². The van der Waals surface area contributed by atoms with Crippen molar-refractivity contribution in [2.24, 2.45) is 5.14 Å². The maximum Gasteiger partial charge on any atom is 0.238 e. The van der Waals surface area contributed by atoms with Gasteiger partial charge in [-0.1, -0.05) is 29.8 Å². The Morgan fingerprint density at radius 1 is 1.04 bits per heavy atom. The van der Waals surface area contributed by atoms with Gasteiger partial charge >= 0.3 is 0 Å². The fourth-order valence-electron chi connectivity index (χ4n) is 2.13. The number of nitrogens with two attached hydrogens (primary N) is 1. The van der Waals surface area contributed by atoms with Crippen LogP contribution < -0.4 is 9.88 Å². The van der Waals surface area contributed by atoms with Gasteiger partial charge in [0.2, 0.25) is 10.0 Å². The summed E-state index contributed by atoms with van der Waals surface area (Å²) in [5, 5.41) is 5.05. The van der Waals surface area contributed by atoms with Gasteiger partial charge < -0.3 is 4.74 Å². The summed E-state index contributed by atoms with van der Waals surface area (Å²) in [7, 11) is -1.62. The van der Waals surface area contributed by atoms with Crippen LogP contribution in [0, 0.1) is 6.92 Å². The van der Waals surface area contributed by atoms with Crippen LogP contribution >= 0.6 is 0 Å². The minimum atomic E-state index is -3.66. The zero-order valence-electron chi connectivity index (χ0n) is 13.4. The number of nitrogens with zero attached hydrogens (tertiary/aromatic N) is 1. The fraction of sp³-hybridized carbons (Fsp3) is 0.294. The number of rotatable bonds is 7. The second-order valence-corrected chi connectivity index (χ2v) is 7.15. The first-order valence-electron chi connectivity index (χ1n) is 7.34. The van der Waals surface area contributed by atoms with Crippen molar-refractivity contribution in [3.05, 3.63) is 59.7 Å². The van der Waals surface area contributed by atoms with Gasteiger partial charge in [-0.25, -0.2) is 13.6 Å². The highest BCUT2D eigenvalue weighted by Gasteiger charge is 2.07. The van der Waals surface area contributed by atoms with Gasteiger partial charge in [-0.2, -0.15) is 0 Å². The molecule has 2 aromatic carbocycles. The molecule has 0 amide bonds. The molecule has 23 heavy (non-hydrogen) atoms. The van der Waals surface area contributed by atoms with Gasteiger partial charge in [-0.15, -0.1) is 0 Å². The number of aryl methyl sites for hydroxylation is 1. The average molecular weight is 334 g/mol. The van der Waals surface area contributed by atoms with Gasteiger partial charge in [0, 0.05) is 13.1 Å². The Bertz CT molecular complexity index is 725. The van der Waals surface area contributed by atoms with Crippen LogP contribution in [0.4, 0.5) is 0 Å². The van der Waals surface area contributed by atoms with Crippen molar-refractivity contribution in [3.8, 4) is 5.75 Å². The minimum absolute atomic E-state index is 0.0846. The molecule has 2 aromatic rings. The summed E-state index contributed by atoms with van der Waals surface area (Å²) in [6, 6.07) is 14.6. The molecule has 0 aliphatic heterocycles. The van der Waals surface area contributed by atoms with Crippen LogP contribution in [0.3, 0.4) is 0 Å². The van der Waals surface area contributed by atoms with Gasteiger partial charge in [0.1, 0.15) is 12.4 Å². The molecular formula is C17H22N2O3S. The molecule has 0 unspecified atom stereocenters. The van der Waals surface area contributed by atoms with Crippen LogP contribution in [-0.2, 0) is 16.6 Å². The molecule has 6 heteroatoms. The first-order valence-corrected chi connectivity index (χ1v) is 8.89. The van der Waals surface area contributed by atoms with Crippen molar-refractivity contribution >= 4 is 10.0 Å². The Morgan fingerprint density at radius 2 is 1.65 bits per heavy atom. The molecule has 0 atom stereocenters. The summed E-state index contributed by atoms with van der Waals surface area (Å²) in [6.45, 7) is 4.22. The number of likely N-dealkylation sites (N-methyl/N-ethyl adjacent to an activating group) is 1. The topological polar surface area (TPSA) is 72.6 Å². The summed E-state index contributed by atoms with van der Waals surface area (Å²) in [5.41, 5.74) is 2.51. The lowest BCUT2D eigenvalue weighted by molar-refractivity contribution is 0.233. The molecule has 124 valence electrons. The smallest absolute Gasteiger partial charge is 0.238 e. The third-order valence-corrected chi connectivity index (χ3v) is 4.40. The van der Waals surface area contributed by atoms with Crippen LogP contribution in [0.25, 0.3) is 0 Å². The zero-order valence-corrected chi connectivity index (χ0v) is 14.2. The highest BCUT2D eigenvalue weighted by molar-refractivity contribution is 7.89. The van der Waals surface area contributed by atoms with Gasteiger partial charge in [-0.3, -0.25) is 4.90 Å². The van der Waals surface area contributed by atoms with E-state index in [1.165, 1.54) is 23.3 Å². The van der Waals surface area contributed by atoms with Gasteiger partial charge in [-0.05, 0) is 43.8 Å². The molecule has 0 fully saturated rings. The summed E-state index contributed by atoms with van der Waals surface area (Å²) in [4.78, 5) is 2.25. The van der Waals surface area contributed by atoms with E-state index in [4.69, 9.17) is 9.88 Å². The van der Waals surface area contributed by atoms with E-state index < -0.39 is 10.0 Å². The number of ether oxygens (including phenoxy) is 1. The molecule has 5 nitrogen and oxygen atoms in total. The van der Waals surface area contributed by atoms with E-state index >= 15 is 0 Å². The number of hydrogen-bond donors (Lipinski definition) is 1. The monoisotopic (exact) mass is 334 g/mol. The maximum absolute atomic E-state index is 11.2. The van der Waals surface area contributed by atoms with Crippen LogP contribution in [0.2, 0.25) is 0 Å². The molecule has 0 radical (unpaired) electrons. The van der Waals surface area contributed by atoms with E-state index in [1.54, 1.807) is 12.1 Å². The Hall–Kier alpha value is -1.89. The molecule has 0 aliphatic rings. The molecule has 0 bridgehead atoms. The lowest BCUT2D eigenvalue weighted by atomic mass is 10.1. The molecule has 0 aromatic heterocycles. The highest BCUT2D eigenvalue weighted by Crippen LogP contribution is 2.14. The molecule has 2 N–H and O–H groups in total. The lowest BCUT2D eigenvalue weighted by Gasteiger charge is -2.17. The minimum Gasteiger partial charge on any atom is -0.492 e. The fourth-order valence-corrected chi connectivity index (χ4v) is 2.64. The third kappa shape index (κ3) is 5.67. The van der Waals surface area contributed by atoms with E-state index in [0.29, 0.717) is 12.4 Å². The second-order valence-electron chi connectivity index (χ2n) is 5.59. The summed E-state index contributed by atoms with van der Waals surface area (Å²) in [6.07, 6.45) is 0. The molecule has 0 aliphatic carbocycles. The second kappa shape index (κ2) is 7.59. The van der Waals surface area contributed by atoms with E-state index in [-0.39, 0.29) is 4.90 Å². The first-order chi connectivity index (χ1) is 10.8. The number of hydrogen-bond acceptors (Lipinski definition) is 4. The number of benzene rings is 2. The molecule has 0 saturated heterocycles. The standard InChI is InChI=1S/C17H22N2O3S/c1-14-3-5-15(6-4-14)13-19(2)11-12-22-16-7-9-17(10-8-16)23(18,20)21/h3-10H,11-13H2,1-2H3,(H2,18,20,21). The molecular weight excluding hydrogens is 312 g/mol. The van der Waals surface area contributed by atoms with E-state index in [2.05, 4.69) is 36.1 Å². The average Bonchev–Trinajstić information content (AvgIpc) is 2.49. The highest BCUT2D eigenvalue weighted by atomic mass is 32.2. The quantitative estimate of drug-likeness (QED) is 0.842. The largest absolute Gasteiger partial charge is 0.492 e. The molecule has 0 saturated carbocycles. The molecule has 2 rings (SSSR count). The van der Waals surface area contributed by atoms with Crippen molar-refractivity contribution in [1.29, 1.82) is 0 Å². The van der Waals surface area contributed by atoms with Gasteiger partial charge in [0.25, 0.3) is 0 Å². The summed E-state index contributed by atoms with van der Waals surface area (Å²) >= 11 is 0. The summed E-state index contributed by atoms with van der Waals surface area (Å²) in [5.74, 6) is 0.626. The van der Waals surface area contributed by atoms with Crippen LogP contribution in [0.5, 0.6) is 5.75 Å². The van der Waals surface area contributed by atoms with E-state index in [1.807, 2.05) is 7.05 Å². The zero-order chi connectivity index (χ0) is 16.9. The predicted octanol–water partition coefficient (Wildman–Crippen LogP) is 2.15. The van der Waals surface area contributed by atoms with Crippen molar-refractivity contribution in [3.63, 3.8) is 0 Å². The Balaban J connectivity index is 1.79. The van der Waals surface area contributed by atoms with Gasteiger partial charge in [0.05, 0.1) is 4.90 Å². The van der Waals surface area contributed by atoms with Crippen molar-refractivity contribution in [2.45, 2.75) is 18.4 Å². The van der Waals surface area contributed by atoms with Crippen LogP contribution in [0.1, 0.15) is 11.1 Å². The summed E-state index contributed by atoms with van der Waals surface area (Å²) < 4.78 is 28.0. The first kappa shape index (κ1) is 17.5. The molecule has 0 heterocycles. The Morgan fingerprint density at radius 3 is 2.22 bits per heavy atom. The Labute approximate surface area is 137 Å². The van der Waals surface area contributed by atoms with Crippen LogP contribution in [0.15, 0.2) is 53.4 Å². The predicted molar refractivity (Wildman–Crippen MR) is 90.8 cm³/mol.